The van der Waals surface area contributed by atoms with E-state index in [4.69, 9.17) is 21.7 Å². The third-order valence-electron chi connectivity index (χ3n) is 3.46. The van der Waals surface area contributed by atoms with Crippen LogP contribution in [0.4, 0.5) is 5.13 Å². The Hall–Kier alpha value is -2.71. The SMILES string of the molecule is O=C(Nc1nc(-c2ccc3c(c2)OCO3)cs1)c1ccc[nH]c1=S. The number of pyridine rings is 1. The van der Waals surface area contributed by atoms with Gasteiger partial charge in [-0.3, -0.25) is 10.1 Å². The Labute approximate surface area is 146 Å². The van der Waals surface area contributed by atoms with Crippen LogP contribution in [0.1, 0.15) is 10.4 Å². The van der Waals surface area contributed by atoms with Crippen molar-refractivity contribution in [2.45, 2.75) is 0 Å². The highest BCUT2D eigenvalue weighted by Gasteiger charge is 2.16. The van der Waals surface area contributed by atoms with Crippen LogP contribution in [0.15, 0.2) is 41.9 Å². The van der Waals surface area contributed by atoms with Gasteiger partial charge in [-0.05, 0) is 30.3 Å². The van der Waals surface area contributed by atoms with Crippen LogP contribution in [0.5, 0.6) is 11.5 Å². The second-order valence-electron chi connectivity index (χ2n) is 4.97. The highest BCUT2D eigenvalue weighted by molar-refractivity contribution is 7.71. The first-order chi connectivity index (χ1) is 11.7. The molecular formula is C16H11N3O3S2. The summed E-state index contributed by atoms with van der Waals surface area (Å²) in [6, 6.07) is 9.02. The van der Waals surface area contributed by atoms with Gasteiger partial charge in [0.15, 0.2) is 16.6 Å². The summed E-state index contributed by atoms with van der Waals surface area (Å²) in [4.78, 5) is 19.5. The average molecular weight is 357 g/mol. The van der Waals surface area contributed by atoms with Gasteiger partial charge in [0.2, 0.25) is 6.79 Å². The summed E-state index contributed by atoms with van der Waals surface area (Å²) in [5.41, 5.74) is 2.06. The van der Waals surface area contributed by atoms with Gasteiger partial charge in [-0.2, -0.15) is 0 Å². The van der Waals surface area contributed by atoms with Gasteiger partial charge < -0.3 is 14.5 Å². The molecule has 120 valence electrons. The number of nitrogens with zero attached hydrogens (tertiary/aromatic N) is 1. The van der Waals surface area contributed by atoms with Crippen molar-refractivity contribution in [3.8, 4) is 22.8 Å². The minimum atomic E-state index is -0.288. The number of H-pyrrole nitrogens is 1. The van der Waals surface area contributed by atoms with Crippen LogP contribution in [0, 0.1) is 4.64 Å². The van der Waals surface area contributed by atoms with E-state index in [0.29, 0.717) is 21.1 Å². The molecule has 1 aromatic carbocycles. The lowest BCUT2D eigenvalue weighted by Gasteiger charge is -2.02. The van der Waals surface area contributed by atoms with Gasteiger partial charge in [-0.1, -0.05) is 12.2 Å². The van der Waals surface area contributed by atoms with E-state index >= 15 is 0 Å². The molecule has 24 heavy (non-hydrogen) atoms. The molecular weight excluding hydrogens is 346 g/mol. The number of benzene rings is 1. The fourth-order valence-electron chi connectivity index (χ4n) is 2.28. The summed E-state index contributed by atoms with van der Waals surface area (Å²) in [6.07, 6.45) is 1.68. The largest absolute Gasteiger partial charge is 0.454 e. The van der Waals surface area contributed by atoms with Crippen molar-refractivity contribution in [3.05, 3.63) is 52.1 Å². The number of thiazole rings is 1. The molecule has 3 aromatic rings. The Morgan fingerprint density at radius 1 is 1.29 bits per heavy atom. The highest BCUT2D eigenvalue weighted by Crippen LogP contribution is 2.36. The molecule has 1 aliphatic heterocycles. The number of carbonyl (C=O) groups is 1. The highest BCUT2D eigenvalue weighted by atomic mass is 32.1. The second-order valence-corrected chi connectivity index (χ2v) is 6.24. The van der Waals surface area contributed by atoms with Gasteiger partial charge in [0, 0.05) is 17.1 Å². The van der Waals surface area contributed by atoms with E-state index in [0.717, 1.165) is 17.0 Å². The number of hydrogen-bond acceptors (Lipinski definition) is 6. The summed E-state index contributed by atoms with van der Waals surface area (Å²) in [5.74, 6) is 1.13. The second kappa shape index (κ2) is 6.06. The Morgan fingerprint density at radius 2 is 2.17 bits per heavy atom. The Kier molecular flexibility index (Phi) is 3.75. The molecule has 0 bridgehead atoms. The number of aromatic nitrogens is 2. The van der Waals surface area contributed by atoms with E-state index in [-0.39, 0.29) is 12.7 Å². The van der Waals surface area contributed by atoms with Crippen LogP contribution in [0.2, 0.25) is 0 Å². The van der Waals surface area contributed by atoms with E-state index < -0.39 is 0 Å². The minimum Gasteiger partial charge on any atom is -0.454 e. The van der Waals surface area contributed by atoms with Crippen molar-refractivity contribution in [3.63, 3.8) is 0 Å². The van der Waals surface area contributed by atoms with Crippen molar-refractivity contribution >= 4 is 34.6 Å². The van der Waals surface area contributed by atoms with Crippen LogP contribution >= 0.6 is 23.6 Å². The lowest BCUT2D eigenvalue weighted by Crippen LogP contribution is -2.12. The molecule has 0 spiro atoms. The molecule has 1 amide bonds. The number of fused-ring (bicyclic) bond motifs is 1. The summed E-state index contributed by atoms with van der Waals surface area (Å²) < 4.78 is 11.1. The third kappa shape index (κ3) is 2.77. The van der Waals surface area contributed by atoms with Crippen LogP contribution in [-0.4, -0.2) is 22.7 Å². The number of rotatable bonds is 3. The standard InChI is InChI=1S/C16H11N3O3S2/c20-14(10-2-1-5-17-15(10)23)19-16-18-11(7-24-16)9-3-4-12-13(6-9)22-8-21-12/h1-7H,8H2,(H,17,23)(H,18,19,20). The first kappa shape index (κ1) is 14.9. The van der Waals surface area contributed by atoms with E-state index in [2.05, 4.69) is 15.3 Å². The Balaban J connectivity index is 1.56. The van der Waals surface area contributed by atoms with Crippen molar-refractivity contribution in [2.24, 2.45) is 0 Å². The molecule has 0 unspecified atom stereocenters. The quantitative estimate of drug-likeness (QED) is 0.696. The topological polar surface area (TPSA) is 76.2 Å². The summed E-state index contributed by atoms with van der Waals surface area (Å²) in [5, 5.41) is 5.15. The molecule has 2 aromatic heterocycles. The number of aromatic amines is 1. The number of ether oxygens (including phenoxy) is 2. The maximum Gasteiger partial charge on any atom is 0.260 e. The molecule has 3 heterocycles. The third-order valence-corrected chi connectivity index (χ3v) is 4.55. The summed E-state index contributed by atoms with van der Waals surface area (Å²) in [6.45, 7) is 0.231. The molecule has 1 aliphatic rings. The van der Waals surface area contributed by atoms with Gasteiger partial charge in [-0.25, -0.2) is 4.98 Å². The lowest BCUT2D eigenvalue weighted by atomic mass is 10.1. The van der Waals surface area contributed by atoms with Gasteiger partial charge in [0.1, 0.15) is 4.64 Å². The van der Waals surface area contributed by atoms with E-state index in [1.54, 1.807) is 18.3 Å². The van der Waals surface area contributed by atoms with Gasteiger partial charge in [0.25, 0.3) is 5.91 Å². The van der Waals surface area contributed by atoms with Gasteiger partial charge >= 0.3 is 0 Å². The molecule has 0 saturated heterocycles. The van der Waals surface area contributed by atoms with Crippen molar-refractivity contribution in [1.82, 2.24) is 9.97 Å². The maximum atomic E-state index is 12.3. The molecule has 0 atom stereocenters. The van der Waals surface area contributed by atoms with Gasteiger partial charge in [0.05, 0.1) is 11.3 Å². The van der Waals surface area contributed by atoms with Crippen LogP contribution in [0.25, 0.3) is 11.3 Å². The monoisotopic (exact) mass is 357 g/mol. The molecule has 0 fully saturated rings. The maximum absolute atomic E-state index is 12.3. The number of carbonyl (C=O) groups excluding carboxylic acids is 1. The molecule has 8 heteroatoms. The zero-order valence-corrected chi connectivity index (χ0v) is 13.9. The molecule has 6 nitrogen and oxygen atoms in total. The van der Waals surface area contributed by atoms with Crippen molar-refractivity contribution in [1.29, 1.82) is 0 Å². The van der Waals surface area contributed by atoms with Crippen LogP contribution in [0.3, 0.4) is 0 Å². The smallest absolute Gasteiger partial charge is 0.260 e. The fraction of sp³-hybridized carbons (Fsp3) is 0.0625. The van der Waals surface area contributed by atoms with Crippen LogP contribution in [-0.2, 0) is 0 Å². The van der Waals surface area contributed by atoms with E-state index in [9.17, 15) is 4.79 Å². The summed E-state index contributed by atoms with van der Waals surface area (Å²) >= 11 is 6.46. The predicted octanol–water partition coefficient (Wildman–Crippen LogP) is 3.85. The van der Waals surface area contributed by atoms with Crippen LogP contribution < -0.4 is 14.8 Å². The van der Waals surface area contributed by atoms with E-state index in [1.807, 2.05) is 23.6 Å². The van der Waals surface area contributed by atoms with Crippen molar-refractivity contribution in [2.75, 3.05) is 12.1 Å². The normalized spacial score (nSPS) is 12.2. The average Bonchev–Trinajstić information content (AvgIpc) is 3.23. The number of hydrogen-bond donors (Lipinski definition) is 2. The summed E-state index contributed by atoms with van der Waals surface area (Å²) in [7, 11) is 0. The Morgan fingerprint density at radius 3 is 3.04 bits per heavy atom. The number of amides is 1. The number of anilines is 1. The molecule has 0 aliphatic carbocycles. The molecule has 4 rings (SSSR count). The lowest BCUT2D eigenvalue weighted by molar-refractivity contribution is 0.102. The fourth-order valence-corrected chi connectivity index (χ4v) is 3.23. The van der Waals surface area contributed by atoms with Gasteiger partial charge in [-0.15, -0.1) is 11.3 Å². The zero-order chi connectivity index (χ0) is 16.5. The molecule has 2 N–H and O–H groups in total. The Bertz CT molecular complexity index is 980. The van der Waals surface area contributed by atoms with E-state index in [1.165, 1.54) is 11.3 Å². The first-order valence-corrected chi connectivity index (χ1v) is 8.34. The molecule has 0 radical (unpaired) electrons. The number of nitrogens with one attached hydrogen (secondary N) is 2. The van der Waals surface area contributed by atoms with Crippen molar-refractivity contribution < 1.29 is 14.3 Å². The predicted molar refractivity (Wildman–Crippen MR) is 93.3 cm³/mol. The molecule has 0 saturated carbocycles. The first-order valence-electron chi connectivity index (χ1n) is 7.05. The zero-order valence-electron chi connectivity index (χ0n) is 12.2. The minimum absolute atomic E-state index is 0.231.